The van der Waals surface area contributed by atoms with Gasteiger partial charge in [-0.3, -0.25) is 4.79 Å². The molecule has 0 atom stereocenters. The van der Waals surface area contributed by atoms with Crippen LogP contribution in [-0.4, -0.2) is 61.1 Å². The minimum atomic E-state index is -1.87. The van der Waals surface area contributed by atoms with Gasteiger partial charge in [-0.25, -0.2) is 19.0 Å². The zero-order valence-corrected chi connectivity index (χ0v) is 16.5. The molecular formula is C20H24FN7O. The summed E-state index contributed by atoms with van der Waals surface area (Å²) >= 11 is 0. The van der Waals surface area contributed by atoms with Gasteiger partial charge in [0.15, 0.2) is 11.5 Å². The van der Waals surface area contributed by atoms with E-state index >= 15 is 4.39 Å². The van der Waals surface area contributed by atoms with Crippen LogP contribution in [0.4, 0.5) is 10.2 Å². The number of nitrogens with zero attached hydrogens (tertiary/aromatic N) is 6. The molecule has 0 aliphatic carbocycles. The highest BCUT2D eigenvalue weighted by Crippen LogP contribution is 2.29. The standard InChI is InChI=1S/C20H24FN7O/c1-14(2)13-27-8-5-20(21,6-9-27)19(29)25-17-11-16-15(12-22-17)3-4-18(24-16)28-10-7-23-26-28/h3-4,7,10-12,14H,5-6,8-9,13H2,1-2H3,(H,22,25,29). The third-order valence-corrected chi connectivity index (χ3v) is 5.14. The number of halogens is 1. The van der Waals surface area contributed by atoms with Crippen molar-refractivity contribution in [2.24, 2.45) is 5.92 Å². The van der Waals surface area contributed by atoms with E-state index in [1.54, 1.807) is 35.4 Å². The molecule has 0 unspecified atom stereocenters. The second-order valence-corrected chi connectivity index (χ2v) is 7.89. The molecule has 0 aromatic carbocycles. The lowest BCUT2D eigenvalue weighted by molar-refractivity contribution is -0.130. The molecule has 1 aliphatic heterocycles. The van der Waals surface area contributed by atoms with E-state index in [2.05, 4.69) is 44.3 Å². The van der Waals surface area contributed by atoms with E-state index in [0.717, 1.165) is 11.9 Å². The Morgan fingerprint density at radius 1 is 1.31 bits per heavy atom. The summed E-state index contributed by atoms with van der Waals surface area (Å²) in [4.78, 5) is 23.6. The van der Waals surface area contributed by atoms with Gasteiger partial charge in [-0.05, 0) is 18.1 Å². The molecular weight excluding hydrogens is 373 g/mol. The Hall–Kier alpha value is -2.94. The highest BCUT2D eigenvalue weighted by atomic mass is 19.1. The van der Waals surface area contributed by atoms with Crippen LogP contribution < -0.4 is 5.32 Å². The summed E-state index contributed by atoms with van der Waals surface area (Å²) in [5.74, 6) is 0.763. The minimum Gasteiger partial charge on any atom is -0.308 e. The first-order valence-electron chi connectivity index (χ1n) is 9.79. The van der Waals surface area contributed by atoms with E-state index in [-0.39, 0.29) is 18.7 Å². The van der Waals surface area contributed by atoms with Gasteiger partial charge < -0.3 is 10.2 Å². The van der Waals surface area contributed by atoms with Crippen LogP contribution >= 0.6 is 0 Å². The van der Waals surface area contributed by atoms with E-state index < -0.39 is 11.6 Å². The fourth-order valence-electron chi connectivity index (χ4n) is 3.59. The van der Waals surface area contributed by atoms with Gasteiger partial charge in [0.1, 0.15) is 5.82 Å². The average molecular weight is 397 g/mol. The summed E-state index contributed by atoms with van der Waals surface area (Å²) in [6.45, 7) is 6.35. The highest BCUT2D eigenvalue weighted by molar-refractivity contribution is 5.97. The molecule has 0 saturated carbocycles. The SMILES string of the molecule is CC(C)CN1CCC(F)(C(=O)Nc2cc3nc(-n4ccnn4)ccc3cn2)CC1. The lowest BCUT2D eigenvalue weighted by atomic mass is 9.92. The molecule has 1 saturated heterocycles. The number of pyridine rings is 2. The lowest BCUT2D eigenvalue weighted by Gasteiger charge is -2.36. The minimum absolute atomic E-state index is 0.188. The Labute approximate surface area is 168 Å². The zero-order chi connectivity index (χ0) is 20.4. The Morgan fingerprint density at radius 3 is 2.79 bits per heavy atom. The third kappa shape index (κ3) is 4.24. The molecule has 1 aliphatic rings. The molecule has 1 amide bonds. The molecule has 4 heterocycles. The van der Waals surface area contributed by atoms with Gasteiger partial charge in [-0.2, -0.15) is 0 Å². The fourth-order valence-corrected chi connectivity index (χ4v) is 3.59. The van der Waals surface area contributed by atoms with E-state index in [9.17, 15) is 4.79 Å². The molecule has 0 spiro atoms. The lowest BCUT2D eigenvalue weighted by Crippen LogP contribution is -2.49. The molecule has 152 valence electrons. The summed E-state index contributed by atoms with van der Waals surface area (Å²) in [5.41, 5.74) is -1.25. The number of hydrogen-bond acceptors (Lipinski definition) is 6. The third-order valence-electron chi connectivity index (χ3n) is 5.14. The maximum atomic E-state index is 15.2. The fraction of sp³-hybridized carbons (Fsp3) is 0.450. The van der Waals surface area contributed by atoms with Crippen LogP contribution in [0.25, 0.3) is 16.7 Å². The number of alkyl halides is 1. The molecule has 0 bridgehead atoms. The van der Waals surface area contributed by atoms with Crippen molar-refractivity contribution in [2.45, 2.75) is 32.4 Å². The topological polar surface area (TPSA) is 88.8 Å². The van der Waals surface area contributed by atoms with Gasteiger partial charge >= 0.3 is 0 Å². The number of amides is 1. The predicted octanol–water partition coefficient (Wildman–Crippen LogP) is 2.61. The molecule has 8 nitrogen and oxygen atoms in total. The summed E-state index contributed by atoms with van der Waals surface area (Å²) < 4.78 is 16.8. The number of rotatable bonds is 5. The molecule has 4 rings (SSSR count). The summed E-state index contributed by atoms with van der Waals surface area (Å²) in [7, 11) is 0. The Bertz CT molecular complexity index is 997. The Balaban J connectivity index is 1.48. The van der Waals surface area contributed by atoms with Crippen LogP contribution in [0.3, 0.4) is 0 Å². The normalized spacial score (nSPS) is 17.0. The monoisotopic (exact) mass is 397 g/mol. The number of likely N-dealkylation sites (tertiary alicyclic amines) is 1. The maximum Gasteiger partial charge on any atom is 0.263 e. The van der Waals surface area contributed by atoms with Crippen molar-refractivity contribution in [3.05, 3.63) is 36.8 Å². The van der Waals surface area contributed by atoms with Crippen molar-refractivity contribution >= 4 is 22.6 Å². The molecule has 9 heteroatoms. The van der Waals surface area contributed by atoms with Crippen LogP contribution in [0.2, 0.25) is 0 Å². The van der Waals surface area contributed by atoms with Gasteiger partial charge in [0.25, 0.3) is 5.91 Å². The van der Waals surface area contributed by atoms with Gasteiger partial charge in [-0.1, -0.05) is 19.1 Å². The summed E-state index contributed by atoms with van der Waals surface area (Å²) in [6, 6.07) is 5.31. The van der Waals surface area contributed by atoms with Crippen molar-refractivity contribution in [3.8, 4) is 5.82 Å². The van der Waals surface area contributed by atoms with Gasteiger partial charge in [0.05, 0.1) is 17.9 Å². The molecule has 1 fully saturated rings. The smallest absolute Gasteiger partial charge is 0.263 e. The van der Waals surface area contributed by atoms with Crippen molar-refractivity contribution in [3.63, 3.8) is 0 Å². The van der Waals surface area contributed by atoms with E-state index in [1.807, 2.05) is 6.07 Å². The van der Waals surface area contributed by atoms with Crippen molar-refractivity contribution in [1.29, 1.82) is 0 Å². The highest BCUT2D eigenvalue weighted by Gasteiger charge is 2.41. The van der Waals surface area contributed by atoms with Crippen LogP contribution in [-0.2, 0) is 4.79 Å². The molecule has 29 heavy (non-hydrogen) atoms. The average Bonchev–Trinajstić information content (AvgIpc) is 3.24. The van der Waals surface area contributed by atoms with E-state index in [4.69, 9.17) is 0 Å². The van der Waals surface area contributed by atoms with E-state index in [1.165, 1.54) is 0 Å². The molecule has 3 aromatic heterocycles. The predicted molar refractivity (Wildman–Crippen MR) is 107 cm³/mol. The largest absolute Gasteiger partial charge is 0.308 e. The molecule has 1 N–H and O–H groups in total. The quantitative estimate of drug-likeness (QED) is 0.712. The molecule has 3 aromatic rings. The van der Waals surface area contributed by atoms with Crippen molar-refractivity contribution in [1.82, 2.24) is 29.9 Å². The van der Waals surface area contributed by atoms with Gasteiger partial charge in [0.2, 0.25) is 0 Å². The molecule has 0 radical (unpaired) electrons. The number of piperidine rings is 1. The number of hydrogen-bond donors (Lipinski definition) is 1. The van der Waals surface area contributed by atoms with Crippen molar-refractivity contribution < 1.29 is 9.18 Å². The Morgan fingerprint density at radius 2 is 2.10 bits per heavy atom. The van der Waals surface area contributed by atoms with Gasteiger partial charge in [0, 0.05) is 50.1 Å². The first kappa shape index (κ1) is 19.4. The summed E-state index contributed by atoms with van der Waals surface area (Å²) in [5, 5.41) is 11.1. The maximum absolute atomic E-state index is 15.2. The number of aromatic nitrogens is 5. The van der Waals surface area contributed by atoms with Crippen molar-refractivity contribution in [2.75, 3.05) is 25.0 Å². The number of carbonyl (C=O) groups excluding carboxylic acids is 1. The van der Waals surface area contributed by atoms with Crippen LogP contribution in [0, 0.1) is 5.92 Å². The van der Waals surface area contributed by atoms with E-state index in [0.29, 0.717) is 30.3 Å². The second-order valence-electron chi connectivity index (χ2n) is 7.89. The van der Waals surface area contributed by atoms with Gasteiger partial charge in [-0.15, -0.1) is 5.10 Å². The summed E-state index contributed by atoms with van der Waals surface area (Å²) in [6.07, 6.45) is 5.24. The van der Waals surface area contributed by atoms with Crippen LogP contribution in [0.5, 0.6) is 0 Å². The van der Waals surface area contributed by atoms with Crippen LogP contribution in [0.1, 0.15) is 26.7 Å². The zero-order valence-electron chi connectivity index (χ0n) is 16.5. The first-order valence-corrected chi connectivity index (χ1v) is 9.79. The number of carbonyl (C=O) groups is 1. The first-order chi connectivity index (χ1) is 13.9. The number of fused-ring (bicyclic) bond motifs is 1. The van der Waals surface area contributed by atoms with Crippen LogP contribution in [0.15, 0.2) is 36.8 Å². The number of nitrogens with one attached hydrogen (secondary N) is 1. The number of anilines is 1. The second kappa shape index (κ2) is 7.82. The Kier molecular flexibility index (Phi) is 5.23.